The number of amides is 1. The molecule has 0 saturated carbocycles. The quantitative estimate of drug-likeness (QED) is 0.816. The van der Waals surface area contributed by atoms with Gasteiger partial charge in [-0.25, -0.2) is 0 Å². The van der Waals surface area contributed by atoms with E-state index in [0.717, 1.165) is 11.3 Å². The van der Waals surface area contributed by atoms with Crippen LogP contribution < -0.4 is 15.2 Å². The molecule has 0 atom stereocenters. The van der Waals surface area contributed by atoms with Crippen LogP contribution in [0.2, 0.25) is 0 Å². The summed E-state index contributed by atoms with van der Waals surface area (Å²) < 4.78 is 10.4. The molecule has 1 aromatic carbocycles. The van der Waals surface area contributed by atoms with Crippen molar-refractivity contribution in [3.8, 4) is 11.5 Å². The number of ether oxygens (including phenoxy) is 2. The Bertz CT molecular complexity index is 393. The van der Waals surface area contributed by atoms with Gasteiger partial charge in [0.15, 0.2) is 0 Å². The van der Waals surface area contributed by atoms with E-state index in [-0.39, 0.29) is 12.5 Å². The lowest BCUT2D eigenvalue weighted by Gasteiger charge is -2.18. The van der Waals surface area contributed by atoms with Gasteiger partial charge >= 0.3 is 0 Å². The first-order chi connectivity index (χ1) is 8.12. The molecule has 0 spiro atoms. The van der Waals surface area contributed by atoms with Gasteiger partial charge in [0.2, 0.25) is 5.91 Å². The lowest BCUT2D eigenvalue weighted by Crippen LogP contribution is -2.32. The first-order valence-electron chi connectivity index (χ1n) is 5.27. The molecule has 1 rings (SSSR count). The zero-order chi connectivity index (χ0) is 12.8. The Morgan fingerprint density at radius 2 is 2.06 bits per heavy atom. The van der Waals surface area contributed by atoms with Crippen molar-refractivity contribution in [1.29, 1.82) is 0 Å². The molecular formula is C12H18N2O3. The molecule has 0 aliphatic heterocycles. The molecule has 5 nitrogen and oxygen atoms in total. The summed E-state index contributed by atoms with van der Waals surface area (Å²) >= 11 is 0. The molecule has 0 aliphatic carbocycles. The molecule has 0 aromatic heterocycles. The third-order valence-electron chi connectivity index (χ3n) is 2.50. The monoisotopic (exact) mass is 238 g/mol. The maximum atomic E-state index is 11.4. The average molecular weight is 238 g/mol. The fourth-order valence-corrected chi connectivity index (χ4v) is 1.48. The minimum Gasteiger partial charge on any atom is -0.497 e. The van der Waals surface area contributed by atoms with Gasteiger partial charge in [-0.2, -0.15) is 0 Å². The predicted molar refractivity (Wildman–Crippen MR) is 65.1 cm³/mol. The van der Waals surface area contributed by atoms with Crippen LogP contribution in [0.15, 0.2) is 18.2 Å². The summed E-state index contributed by atoms with van der Waals surface area (Å²) in [6, 6.07) is 5.49. The maximum Gasteiger partial charge on any atom is 0.236 e. The summed E-state index contributed by atoms with van der Waals surface area (Å²) in [5, 5.41) is 0. The lowest BCUT2D eigenvalue weighted by atomic mass is 10.2. The first kappa shape index (κ1) is 13.3. The first-order valence-corrected chi connectivity index (χ1v) is 5.27. The summed E-state index contributed by atoms with van der Waals surface area (Å²) in [6.07, 6.45) is 0. The van der Waals surface area contributed by atoms with Crippen LogP contribution in [0, 0.1) is 0 Å². The summed E-state index contributed by atoms with van der Waals surface area (Å²) in [6.45, 7) is 0.470. The van der Waals surface area contributed by atoms with Gasteiger partial charge in [-0.05, 0) is 12.1 Å². The molecule has 5 heteroatoms. The van der Waals surface area contributed by atoms with E-state index in [1.165, 1.54) is 0 Å². The van der Waals surface area contributed by atoms with Crippen molar-refractivity contribution in [2.24, 2.45) is 5.73 Å². The van der Waals surface area contributed by atoms with Crippen molar-refractivity contribution in [1.82, 2.24) is 4.90 Å². The maximum absolute atomic E-state index is 11.4. The van der Waals surface area contributed by atoms with Gasteiger partial charge in [-0.1, -0.05) is 0 Å². The van der Waals surface area contributed by atoms with Gasteiger partial charge in [-0.15, -0.1) is 0 Å². The molecule has 17 heavy (non-hydrogen) atoms. The largest absolute Gasteiger partial charge is 0.497 e. The van der Waals surface area contributed by atoms with E-state index in [4.69, 9.17) is 15.2 Å². The Morgan fingerprint density at radius 3 is 2.59 bits per heavy atom. The van der Waals surface area contributed by atoms with Crippen LogP contribution in [0.1, 0.15) is 5.56 Å². The van der Waals surface area contributed by atoms with E-state index in [0.29, 0.717) is 12.3 Å². The Morgan fingerprint density at radius 1 is 1.35 bits per heavy atom. The Labute approximate surface area is 101 Å². The number of likely N-dealkylation sites (N-methyl/N-ethyl adjacent to an activating group) is 1. The summed E-state index contributed by atoms with van der Waals surface area (Å²) in [5.41, 5.74) is 6.21. The van der Waals surface area contributed by atoms with Crippen LogP contribution in [0.5, 0.6) is 11.5 Å². The van der Waals surface area contributed by atoms with Crippen LogP contribution in [-0.4, -0.2) is 38.6 Å². The highest BCUT2D eigenvalue weighted by Crippen LogP contribution is 2.25. The zero-order valence-electron chi connectivity index (χ0n) is 10.4. The molecule has 2 N–H and O–H groups in total. The highest BCUT2D eigenvalue weighted by molar-refractivity contribution is 5.77. The molecule has 0 fully saturated rings. The van der Waals surface area contributed by atoms with Gasteiger partial charge in [0.25, 0.3) is 0 Å². The lowest BCUT2D eigenvalue weighted by molar-refractivity contribution is -0.128. The standard InChI is InChI=1S/C12H18N2O3/c1-14(12(15)7-13)8-9-4-5-10(16-2)6-11(9)17-3/h4-6H,7-8,13H2,1-3H3. The third-order valence-corrected chi connectivity index (χ3v) is 2.50. The predicted octanol–water partition coefficient (Wildman–Crippen LogP) is 0.621. The number of carbonyl (C=O) groups excluding carboxylic acids is 1. The topological polar surface area (TPSA) is 64.8 Å². The average Bonchev–Trinajstić information content (AvgIpc) is 2.37. The number of carbonyl (C=O) groups is 1. The summed E-state index contributed by atoms with van der Waals surface area (Å²) in [7, 11) is 4.89. The van der Waals surface area contributed by atoms with E-state index < -0.39 is 0 Å². The van der Waals surface area contributed by atoms with Crippen molar-refractivity contribution in [3.63, 3.8) is 0 Å². The minimum absolute atomic E-state index is 0.00890. The van der Waals surface area contributed by atoms with E-state index in [1.54, 1.807) is 32.2 Å². The molecule has 0 unspecified atom stereocenters. The van der Waals surface area contributed by atoms with Crippen molar-refractivity contribution in [2.75, 3.05) is 27.8 Å². The second kappa shape index (κ2) is 6.10. The van der Waals surface area contributed by atoms with Gasteiger partial charge in [-0.3, -0.25) is 4.79 Å². The Hall–Kier alpha value is -1.75. The number of benzene rings is 1. The van der Waals surface area contributed by atoms with E-state index in [9.17, 15) is 4.79 Å². The van der Waals surface area contributed by atoms with Crippen LogP contribution in [0.4, 0.5) is 0 Å². The van der Waals surface area contributed by atoms with Crippen LogP contribution in [0.25, 0.3) is 0 Å². The van der Waals surface area contributed by atoms with Crippen molar-refractivity contribution in [3.05, 3.63) is 23.8 Å². The minimum atomic E-state index is -0.108. The summed E-state index contributed by atoms with van der Waals surface area (Å²) in [5.74, 6) is 1.31. The highest BCUT2D eigenvalue weighted by Gasteiger charge is 2.11. The van der Waals surface area contributed by atoms with Gasteiger partial charge in [0, 0.05) is 25.2 Å². The zero-order valence-corrected chi connectivity index (χ0v) is 10.4. The molecular weight excluding hydrogens is 220 g/mol. The fraction of sp³-hybridized carbons (Fsp3) is 0.417. The smallest absolute Gasteiger partial charge is 0.236 e. The highest BCUT2D eigenvalue weighted by atomic mass is 16.5. The van der Waals surface area contributed by atoms with Gasteiger partial charge in [0.1, 0.15) is 11.5 Å². The molecule has 0 bridgehead atoms. The Kier molecular flexibility index (Phi) is 4.78. The second-order valence-corrected chi connectivity index (χ2v) is 3.63. The number of rotatable bonds is 5. The third kappa shape index (κ3) is 3.35. The second-order valence-electron chi connectivity index (χ2n) is 3.63. The van der Waals surface area contributed by atoms with Crippen LogP contribution in [-0.2, 0) is 11.3 Å². The SMILES string of the molecule is COc1ccc(CN(C)C(=O)CN)c(OC)c1. The van der Waals surface area contributed by atoms with Gasteiger partial charge in [0.05, 0.1) is 20.8 Å². The molecule has 0 aliphatic rings. The van der Waals surface area contributed by atoms with E-state index in [2.05, 4.69) is 0 Å². The van der Waals surface area contributed by atoms with Crippen molar-refractivity contribution < 1.29 is 14.3 Å². The molecule has 94 valence electrons. The van der Waals surface area contributed by atoms with Crippen molar-refractivity contribution in [2.45, 2.75) is 6.54 Å². The number of hydrogen-bond acceptors (Lipinski definition) is 4. The number of hydrogen-bond donors (Lipinski definition) is 1. The molecule has 1 amide bonds. The molecule has 0 radical (unpaired) electrons. The van der Waals surface area contributed by atoms with Crippen LogP contribution >= 0.6 is 0 Å². The van der Waals surface area contributed by atoms with E-state index in [1.807, 2.05) is 12.1 Å². The molecule has 0 heterocycles. The van der Waals surface area contributed by atoms with Gasteiger partial charge < -0.3 is 20.1 Å². The number of methoxy groups -OCH3 is 2. The molecule has 0 saturated heterocycles. The van der Waals surface area contributed by atoms with Crippen molar-refractivity contribution >= 4 is 5.91 Å². The Balaban J connectivity index is 2.87. The number of nitrogens with zero attached hydrogens (tertiary/aromatic N) is 1. The fourth-order valence-electron chi connectivity index (χ4n) is 1.48. The summed E-state index contributed by atoms with van der Waals surface area (Å²) in [4.78, 5) is 12.9. The number of nitrogens with two attached hydrogens (primary N) is 1. The van der Waals surface area contributed by atoms with Crippen LogP contribution in [0.3, 0.4) is 0 Å². The molecule has 1 aromatic rings. The normalized spacial score (nSPS) is 9.88. The van der Waals surface area contributed by atoms with E-state index >= 15 is 0 Å².